The van der Waals surface area contributed by atoms with E-state index < -0.39 is 12.0 Å². The standard InChI is InChI=1S/C25H37BrN2O5/c1-3-4-5-6-7-8-9-10-15-32-24(30)17-22-25(31)27-13-14-28(22)23(29)18-33-20-11-12-21(26)19(2)16-20/h11-12,16,22H,3-10,13-15,17-18H2,1-2H3,(H,27,31). The van der Waals surface area contributed by atoms with Gasteiger partial charge in [-0.05, 0) is 37.1 Å². The minimum absolute atomic E-state index is 0.147. The van der Waals surface area contributed by atoms with Crippen molar-refractivity contribution in [1.82, 2.24) is 10.2 Å². The Morgan fingerprint density at radius 1 is 1.12 bits per heavy atom. The molecule has 0 radical (unpaired) electrons. The Labute approximate surface area is 205 Å². The van der Waals surface area contributed by atoms with Crippen LogP contribution in [0.15, 0.2) is 22.7 Å². The van der Waals surface area contributed by atoms with Crippen molar-refractivity contribution in [2.24, 2.45) is 0 Å². The lowest BCUT2D eigenvalue weighted by Crippen LogP contribution is -2.58. The minimum Gasteiger partial charge on any atom is -0.484 e. The second-order valence-electron chi connectivity index (χ2n) is 8.49. The fraction of sp³-hybridized carbons (Fsp3) is 0.640. The smallest absolute Gasteiger partial charge is 0.308 e. The van der Waals surface area contributed by atoms with Crippen LogP contribution >= 0.6 is 15.9 Å². The maximum Gasteiger partial charge on any atom is 0.308 e. The minimum atomic E-state index is -0.868. The monoisotopic (exact) mass is 524 g/mol. The largest absolute Gasteiger partial charge is 0.484 e. The van der Waals surface area contributed by atoms with Crippen LogP contribution in [0.3, 0.4) is 0 Å². The zero-order valence-electron chi connectivity index (χ0n) is 19.9. The number of carbonyl (C=O) groups is 3. The SMILES string of the molecule is CCCCCCCCCCOC(=O)CC1C(=O)NCCN1C(=O)COc1ccc(Br)c(C)c1. The van der Waals surface area contributed by atoms with E-state index in [0.29, 0.717) is 25.4 Å². The van der Waals surface area contributed by atoms with Crippen molar-refractivity contribution in [3.05, 3.63) is 28.2 Å². The maximum absolute atomic E-state index is 12.7. The van der Waals surface area contributed by atoms with E-state index in [1.807, 2.05) is 19.1 Å². The summed E-state index contributed by atoms with van der Waals surface area (Å²) in [5.41, 5.74) is 0.995. The first kappa shape index (κ1) is 27.2. The molecule has 1 heterocycles. The number of nitrogens with zero attached hydrogens (tertiary/aromatic N) is 1. The topological polar surface area (TPSA) is 84.9 Å². The number of ether oxygens (including phenoxy) is 2. The van der Waals surface area contributed by atoms with Crippen molar-refractivity contribution >= 4 is 33.7 Å². The lowest BCUT2D eigenvalue weighted by Gasteiger charge is -2.34. The summed E-state index contributed by atoms with van der Waals surface area (Å²) in [4.78, 5) is 38.8. The summed E-state index contributed by atoms with van der Waals surface area (Å²) in [6, 6.07) is 4.59. The molecule has 0 saturated carbocycles. The van der Waals surface area contributed by atoms with Crippen molar-refractivity contribution < 1.29 is 23.9 Å². The Kier molecular flexibility index (Phi) is 12.3. The van der Waals surface area contributed by atoms with Crippen LogP contribution in [-0.4, -0.2) is 55.0 Å². The van der Waals surface area contributed by atoms with Gasteiger partial charge in [0.25, 0.3) is 5.91 Å². The van der Waals surface area contributed by atoms with Crippen LogP contribution in [-0.2, 0) is 19.1 Å². The van der Waals surface area contributed by atoms with Gasteiger partial charge < -0.3 is 19.7 Å². The van der Waals surface area contributed by atoms with Crippen molar-refractivity contribution in [1.29, 1.82) is 0 Å². The van der Waals surface area contributed by atoms with Crippen LogP contribution in [0.5, 0.6) is 5.75 Å². The summed E-state index contributed by atoms with van der Waals surface area (Å²) in [5.74, 6) is -0.543. The molecular weight excluding hydrogens is 488 g/mol. The molecule has 1 aliphatic rings. The summed E-state index contributed by atoms with van der Waals surface area (Å²) in [5, 5.41) is 2.73. The molecule has 1 atom stereocenters. The Balaban J connectivity index is 1.74. The normalized spacial score (nSPS) is 15.8. The van der Waals surface area contributed by atoms with Crippen LogP contribution in [0.25, 0.3) is 0 Å². The van der Waals surface area contributed by atoms with E-state index in [-0.39, 0.29) is 24.8 Å². The van der Waals surface area contributed by atoms with Gasteiger partial charge in [0.05, 0.1) is 13.0 Å². The Morgan fingerprint density at radius 3 is 2.52 bits per heavy atom. The van der Waals surface area contributed by atoms with Crippen molar-refractivity contribution in [3.63, 3.8) is 0 Å². The number of carbonyl (C=O) groups excluding carboxylic acids is 3. The summed E-state index contributed by atoms with van der Waals surface area (Å²) in [6.07, 6.45) is 9.16. The van der Waals surface area contributed by atoms with Crippen LogP contribution in [0.2, 0.25) is 0 Å². The van der Waals surface area contributed by atoms with Crippen molar-refractivity contribution in [2.75, 3.05) is 26.3 Å². The molecular formula is C25H37BrN2O5. The predicted octanol–water partition coefficient (Wildman–Crippen LogP) is 4.54. The molecule has 1 aromatic rings. The molecule has 2 rings (SSSR count). The second kappa shape index (κ2) is 14.9. The zero-order valence-corrected chi connectivity index (χ0v) is 21.5. The second-order valence-corrected chi connectivity index (χ2v) is 9.35. The van der Waals surface area contributed by atoms with Crippen LogP contribution in [0.4, 0.5) is 0 Å². The maximum atomic E-state index is 12.7. The third kappa shape index (κ3) is 9.74. The zero-order chi connectivity index (χ0) is 24.1. The van der Waals surface area contributed by atoms with Crippen LogP contribution < -0.4 is 10.1 Å². The van der Waals surface area contributed by atoms with Gasteiger partial charge in [0.15, 0.2) is 6.61 Å². The average Bonchev–Trinajstić information content (AvgIpc) is 2.80. The Morgan fingerprint density at radius 2 is 1.82 bits per heavy atom. The predicted molar refractivity (Wildman–Crippen MR) is 131 cm³/mol. The first-order valence-electron chi connectivity index (χ1n) is 12.0. The number of esters is 1. The number of benzene rings is 1. The summed E-state index contributed by atoms with van der Waals surface area (Å²) < 4.78 is 11.9. The van der Waals surface area contributed by atoms with Crippen molar-refractivity contribution in [2.45, 2.75) is 77.7 Å². The van der Waals surface area contributed by atoms with E-state index >= 15 is 0 Å². The molecule has 33 heavy (non-hydrogen) atoms. The van der Waals surface area contributed by atoms with E-state index in [1.54, 1.807) is 6.07 Å². The third-order valence-corrected chi connectivity index (χ3v) is 6.65. The molecule has 0 aromatic heterocycles. The Hall–Kier alpha value is -2.09. The van der Waals surface area contributed by atoms with Gasteiger partial charge in [0.1, 0.15) is 11.8 Å². The van der Waals surface area contributed by atoms with E-state index in [9.17, 15) is 14.4 Å². The van der Waals surface area contributed by atoms with Gasteiger partial charge in [-0.3, -0.25) is 14.4 Å². The summed E-state index contributed by atoms with van der Waals surface area (Å²) >= 11 is 3.43. The highest BCUT2D eigenvalue weighted by molar-refractivity contribution is 9.10. The fourth-order valence-electron chi connectivity index (χ4n) is 3.79. The molecule has 1 N–H and O–H groups in total. The van der Waals surface area contributed by atoms with E-state index in [2.05, 4.69) is 28.2 Å². The van der Waals surface area contributed by atoms with Gasteiger partial charge in [0.2, 0.25) is 5.91 Å². The van der Waals surface area contributed by atoms with Crippen LogP contribution in [0.1, 0.15) is 70.3 Å². The number of hydrogen-bond donors (Lipinski definition) is 1. The molecule has 8 heteroatoms. The molecule has 0 aliphatic carbocycles. The molecule has 0 spiro atoms. The lowest BCUT2D eigenvalue weighted by molar-refractivity contribution is -0.152. The van der Waals surface area contributed by atoms with Gasteiger partial charge in [-0.25, -0.2) is 0 Å². The molecule has 1 fully saturated rings. The van der Waals surface area contributed by atoms with Gasteiger partial charge >= 0.3 is 5.97 Å². The molecule has 1 aromatic carbocycles. The highest BCUT2D eigenvalue weighted by Crippen LogP contribution is 2.22. The molecule has 1 aliphatic heterocycles. The number of rotatable bonds is 14. The molecule has 1 saturated heterocycles. The summed E-state index contributed by atoms with van der Waals surface area (Å²) in [7, 11) is 0. The van der Waals surface area contributed by atoms with Crippen molar-refractivity contribution in [3.8, 4) is 5.75 Å². The Bertz CT molecular complexity index is 786. The molecule has 2 amide bonds. The number of nitrogens with one attached hydrogen (secondary N) is 1. The molecule has 0 bridgehead atoms. The number of halogens is 1. The number of piperazine rings is 1. The average molecular weight is 525 g/mol. The first-order valence-corrected chi connectivity index (χ1v) is 12.8. The van der Waals surface area contributed by atoms with Crippen LogP contribution in [0, 0.1) is 6.92 Å². The van der Waals surface area contributed by atoms with Gasteiger partial charge in [-0.1, -0.05) is 67.8 Å². The van der Waals surface area contributed by atoms with E-state index in [0.717, 1.165) is 29.3 Å². The van der Waals surface area contributed by atoms with Gasteiger partial charge in [-0.2, -0.15) is 0 Å². The highest BCUT2D eigenvalue weighted by Gasteiger charge is 2.35. The first-order chi connectivity index (χ1) is 15.9. The highest BCUT2D eigenvalue weighted by atomic mass is 79.9. The van der Waals surface area contributed by atoms with Gasteiger partial charge in [0, 0.05) is 17.6 Å². The molecule has 1 unspecified atom stereocenters. The quantitative estimate of drug-likeness (QED) is 0.285. The van der Waals surface area contributed by atoms with Gasteiger partial charge in [-0.15, -0.1) is 0 Å². The van der Waals surface area contributed by atoms with E-state index in [4.69, 9.17) is 9.47 Å². The number of hydrogen-bond acceptors (Lipinski definition) is 5. The molecule has 184 valence electrons. The number of aryl methyl sites for hydroxylation is 1. The summed E-state index contributed by atoms with van der Waals surface area (Å²) in [6.45, 7) is 4.98. The number of unbranched alkanes of at least 4 members (excludes halogenated alkanes) is 7. The molecule has 7 nitrogen and oxygen atoms in total. The lowest BCUT2D eigenvalue weighted by atomic mass is 10.1. The fourth-order valence-corrected chi connectivity index (χ4v) is 4.04. The third-order valence-electron chi connectivity index (χ3n) is 5.76. The van der Waals surface area contributed by atoms with E-state index in [1.165, 1.54) is 37.0 Å². The number of amides is 2.